The van der Waals surface area contributed by atoms with Crippen LogP contribution < -0.4 is 0 Å². The maximum Gasteiger partial charge on any atom is 0.225 e. The van der Waals surface area contributed by atoms with E-state index in [1.807, 2.05) is 23.1 Å². The molecule has 0 bridgehead atoms. The molecule has 1 aromatic rings. The first-order valence-corrected chi connectivity index (χ1v) is 6.81. The van der Waals surface area contributed by atoms with E-state index in [2.05, 4.69) is 28.1 Å². The fourth-order valence-electron chi connectivity index (χ4n) is 2.59. The van der Waals surface area contributed by atoms with Crippen LogP contribution in [-0.2, 0) is 9.53 Å². The topological polar surface area (TPSA) is 29.5 Å². The molecule has 0 aromatic heterocycles. The number of fused-ring (bicyclic) bond motifs is 1. The van der Waals surface area contributed by atoms with E-state index in [0.717, 1.165) is 12.0 Å². The number of benzene rings is 1. The van der Waals surface area contributed by atoms with Gasteiger partial charge in [-0.15, -0.1) is 0 Å². The van der Waals surface area contributed by atoms with Gasteiger partial charge in [0.1, 0.15) is 6.23 Å². The minimum atomic E-state index is -0.0959. The normalized spacial score (nSPS) is 32.6. The number of piperidine rings is 1. The Labute approximate surface area is 109 Å². The highest BCUT2D eigenvalue weighted by Crippen LogP contribution is 2.38. The van der Waals surface area contributed by atoms with Crippen LogP contribution in [-0.4, -0.2) is 28.5 Å². The number of carbonyl (C=O) groups excluding carboxylic acids is 1. The van der Waals surface area contributed by atoms with Crippen molar-refractivity contribution in [3.8, 4) is 0 Å². The van der Waals surface area contributed by atoms with Gasteiger partial charge in [0.15, 0.2) is 0 Å². The number of rotatable bonds is 1. The first kappa shape index (κ1) is 11.2. The Morgan fingerprint density at radius 2 is 2.06 bits per heavy atom. The Morgan fingerprint density at radius 3 is 2.82 bits per heavy atom. The third-order valence-electron chi connectivity index (χ3n) is 3.45. The molecule has 3 rings (SSSR count). The van der Waals surface area contributed by atoms with Crippen LogP contribution in [0.25, 0.3) is 0 Å². The van der Waals surface area contributed by atoms with E-state index in [0.29, 0.717) is 13.0 Å². The lowest BCUT2D eigenvalue weighted by Gasteiger charge is -2.35. The monoisotopic (exact) mass is 295 g/mol. The molecule has 2 aliphatic heterocycles. The van der Waals surface area contributed by atoms with Crippen molar-refractivity contribution >= 4 is 21.8 Å². The van der Waals surface area contributed by atoms with Gasteiger partial charge in [-0.2, -0.15) is 0 Å². The van der Waals surface area contributed by atoms with E-state index in [1.165, 1.54) is 0 Å². The van der Waals surface area contributed by atoms with Gasteiger partial charge in [0, 0.05) is 6.42 Å². The molecule has 3 nitrogen and oxygen atoms in total. The number of hydrogen-bond acceptors (Lipinski definition) is 2. The number of alkyl halides is 1. The lowest BCUT2D eigenvalue weighted by Crippen LogP contribution is -2.46. The van der Waals surface area contributed by atoms with Gasteiger partial charge in [-0.05, 0) is 12.0 Å². The first-order valence-electron chi connectivity index (χ1n) is 5.89. The SMILES string of the molecule is O=C1CC[C@H](Br)[C@@H]2OC[C@@H](c3ccccc3)N12. The molecule has 90 valence electrons. The van der Waals surface area contributed by atoms with Crippen LogP contribution in [0.2, 0.25) is 0 Å². The summed E-state index contributed by atoms with van der Waals surface area (Å²) < 4.78 is 5.76. The Kier molecular flexibility index (Phi) is 2.92. The quantitative estimate of drug-likeness (QED) is 0.745. The molecule has 0 spiro atoms. The predicted molar refractivity (Wildman–Crippen MR) is 67.7 cm³/mol. The largest absolute Gasteiger partial charge is 0.355 e. The Bertz CT molecular complexity index is 423. The van der Waals surface area contributed by atoms with Crippen LogP contribution in [0.5, 0.6) is 0 Å². The second kappa shape index (κ2) is 4.42. The summed E-state index contributed by atoms with van der Waals surface area (Å²) in [4.78, 5) is 14.2. The van der Waals surface area contributed by atoms with E-state index in [4.69, 9.17) is 4.74 Å². The summed E-state index contributed by atoms with van der Waals surface area (Å²) in [6.45, 7) is 0.600. The van der Waals surface area contributed by atoms with Crippen molar-refractivity contribution in [1.29, 1.82) is 0 Å². The van der Waals surface area contributed by atoms with Gasteiger partial charge in [0.05, 0.1) is 17.5 Å². The number of amides is 1. The number of halogens is 1. The van der Waals surface area contributed by atoms with Gasteiger partial charge in [0.2, 0.25) is 5.91 Å². The summed E-state index contributed by atoms with van der Waals surface area (Å²) in [5.74, 6) is 0.206. The van der Waals surface area contributed by atoms with Crippen molar-refractivity contribution in [2.45, 2.75) is 29.9 Å². The van der Waals surface area contributed by atoms with Crippen molar-refractivity contribution in [2.75, 3.05) is 6.61 Å². The Balaban J connectivity index is 1.91. The maximum absolute atomic E-state index is 12.0. The third-order valence-corrected chi connectivity index (χ3v) is 4.36. The summed E-state index contributed by atoms with van der Waals surface area (Å²) in [7, 11) is 0. The second-order valence-electron chi connectivity index (χ2n) is 4.51. The van der Waals surface area contributed by atoms with E-state index in [1.54, 1.807) is 0 Å². The zero-order valence-electron chi connectivity index (χ0n) is 9.38. The van der Waals surface area contributed by atoms with Gasteiger partial charge >= 0.3 is 0 Å². The van der Waals surface area contributed by atoms with E-state index in [9.17, 15) is 4.79 Å². The highest BCUT2D eigenvalue weighted by Gasteiger charge is 2.44. The summed E-state index contributed by atoms with van der Waals surface area (Å²) in [6, 6.07) is 10.2. The molecule has 17 heavy (non-hydrogen) atoms. The zero-order chi connectivity index (χ0) is 11.8. The second-order valence-corrected chi connectivity index (χ2v) is 5.68. The third kappa shape index (κ3) is 1.89. The fourth-order valence-corrected chi connectivity index (χ4v) is 3.22. The molecule has 0 unspecified atom stereocenters. The molecule has 0 N–H and O–H groups in total. The average Bonchev–Trinajstić information content (AvgIpc) is 2.81. The Morgan fingerprint density at radius 1 is 1.29 bits per heavy atom. The van der Waals surface area contributed by atoms with Gasteiger partial charge in [-0.1, -0.05) is 46.3 Å². The molecule has 0 saturated carbocycles. The van der Waals surface area contributed by atoms with Crippen molar-refractivity contribution in [3.63, 3.8) is 0 Å². The maximum atomic E-state index is 12.0. The lowest BCUT2D eigenvalue weighted by atomic mass is 10.0. The van der Waals surface area contributed by atoms with Crippen molar-refractivity contribution in [2.24, 2.45) is 0 Å². The zero-order valence-corrected chi connectivity index (χ0v) is 11.0. The van der Waals surface area contributed by atoms with Crippen LogP contribution >= 0.6 is 15.9 Å². The van der Waals surface area contributed by atoms with Gasteiger partial charge < -0.3 is 9.64 Å². The van der Waals surface area contributed by atoms with E-state index in [-0.39, 0.29) is 23.0 Å². The van der Waals surface area contributed by atoms with Crippen molar-refractivity contribution in [1.82, 2.24) is 4.90 Å². The van der Waals surface area contributed by atoms with Gasteiger partial charge in [0.25, 0.3) is 0 Å². The molecule has 1 amide bonds. The van der Waals surface area contributed by atoms with Crippen molar-refractivity contribution < 1.29 is 9.53 Å². The molecule has 3 atom stereocenters. The average molecular weight is 296 g/mol. The van der Waals surface area contributed by atoms with Crippen LogP contribution in [0.1, 0.15) is 24.4 Å². The molecule has 2 fully saturated rings. The van der Waals surface area contributed by atoms with Crippen LogP contribution in [0.3, 0.4) is 0 Å². The number of carbonyl (C=O) groups is 1. The Hall–Kier alpha value is -0.870. The molecule has 2 saturated heterocycles. The molecule has 2 heterocycles. The van der Waals surface area contributed by atoms with Crippen LogP contribution in [0, 0.1) is 0 Å². The molecule has 1 aromatic carbocycles. The van der Waals surface area contributed by atoms with Gasteiger partial charge in [-0.3, -0.25) is 4.79 Å². The highest BCUT2D eigenvalue weighted by atomic mass is 79.9. The van der Waals surface area contributed by atoms with Crippen molar-refractivity contribution in [3.05, 3.63) is 35.9 Å². The lowest BCUT2D eigenvalue weighted by molar-refractivity contribution is -0.141. The minimum Gasteiger partial charge on any atom is -0.355 e. The standard InChI is InChI=1S/C13H14BrNO2/c14-10-6-7-12(16)15-11(8-17-13(10)15)9-4-2-1-3-5-9/h1-5,10-11,13H,6-8H2/t10-,11-,13-/m0/s1. The minimum absolute atomic E-state index is 0.0778. The first-order chi connectivity index (χ1) is 8.27. The predicted octanol–water partition coefficient (Wildman–Crippen LogP) is 2.47. The van der Waals surface area contributed by atoms with Crippen LogP contribution in [0.15, 0.2) is 30.3 Å². The molecular weight excluding hydrogens is 282 g/mol. The molecule has 2 aliphatic rings. The summed E-state index contributed by atoms with van der Waals surface area (Å²) in [5.41, 5.74) is 1.16. The smallest absolute Gasteiger partial charge is 0.225 e. The molecular formula is C13H14BrNO2. The molecule has 4 heteroatoms. The van der Waals surface area contributed by atoms with E-state index < -0.39 is 0 Å². The molecule has 0 radical (unpaired) electrons. The summed E-state index contributed by atoms with van der Waals surface area (Å²) >= 11 is 3.60. The van der Waals surface area contributed by atoms with E-state index >= 15 is 0 Å². The summed E-state index contributed by atoms with van der Waals surface area (Å²) in [5, 5.41) is 0. The number of hydrogen-bond donors (Lipinski definition) is 0. The summed E-state index contributed by atoms with van der Waals surface area (Å²) in [6.07, 6.45) is 1.38. The highest BCUT2D eigenvalue weighted by molar-refractivity contribution is 9.09. The van der Waals surface area contributed by atoms with Crippen LogP contribution in [0.4, 0.5) is 0 Å². The number of ether oxygens (including phenoxy) is 1. The molecule has 0 aliphatic carbocycles. The fraction of sp³-hybridized carbons (Fsp3) is 0.462. The van der Waals surface area contributed by atoms with Gasteiger partial charge in [-0.25, -0.2) is 0 Å². The number of nitrogens with zero attached hydrogens (tertiary/aromatic N) is 1.